The van der Waals surface area contributed by atoms with Crippen molar-refractivity contribution in [3.8, 4) is 0 Å². The zero-order chi connectivity index (χ0) is 15.2. The number of rotatable bonds is 8. The summed E-state index contributed by atoms with van der Waals surface area (Å²) < 4.78 is 5.46. The van der Waals surface area contributed by atoms with Crippen LogP contribution in [0.25, 0.3) is 11.0 Å². The average molecular weight is 307 g/mol. The molecule has 1 heterocycles. The van der Waals surface area contributed by atoms with Gasteiger partial charge in [-0.15, -0.1) is 0 Å². The number of carbonyl (C=O) groups is 1. The molecule has 0 bridgehead atoms. The van der Waals surface area contributed by atoms with Gasteiger partial charge in [0.1, 0.15) is 5.58 Å². The molecule has 0 spiro atoms. The molecule has 21 heavy (non-hydrogen) atoms. The lowest BCUT2D eigenvalue weighted by Gasteiger charge is -2.17. The predicted octanol–water partition coefficient (Wildman–Crippen LogP) is 3.71. The number of fused-ring (bicyclic) bond motifs is 1. The van der Waals surface area contributed by atoms with Gasteiger partial charge >= 0.3 is 5.97 Å². The van der Waals surface area contributed by atoms with Crippen LogP contribution in [-0.2, 0) is 5.75 Å². The number of benzene rings is 1. The van der Waals surface area contributed by atoms with Gasteiger partial charge in [0, 0.05) is 29.0 Å². The molecular weight excluding hydrogens is 286 g/mol. The summed E-state index contributed by atoms with van der Waals surface area (Å²) in [5.74, 6) is 0.734. The zero-order valence-corrected chi connectivity index (χ0v) is 13.3. The predicted molar refractivity (Wildman–Crippen MR) is 87.1 cm³/mol. The summed E-state index contributed by atoms with van der Waals surface area (Å²) in [5, 5.41) is 10.2. The minimum atomic E-state index is -0.995. The molecule has 1 N–H and O–H groups in total. The van der Waals surface area contributed by atoms with Crippen molar-refractivity contribution in [1.29, 1.82) is 0 Å². The van der Waals surface area contributed by atoms with Gasteiger partial charge in [-0.25, -0.2) is 4.79 Å². The first-order chi connectivity index (χ1) is 10.2. The largest absolute Gasteiger partial charge is 0.475 e. The normalized spacial score (nSPS) is 11.4. The molecule has 1 aromatic heterocycles. The highest BCUT2D eigenvalue weighted by Gasteiger charge is 2.19. The first-order valence-electron chi connectivity index (χ1n) is 7.21. The van der Waals surface area contributed by atoms with E-state index < -0.39 is 5.97 Å². The first kappa shape index (κ1) is 15.9. The van der Waals surface area contributed by atoms with Gasteiger partial charge in [0.25, 0.3) is 0 Å². The van der Waals surface area contributed by atoms with Crippen LogP contribution in [0.1, 0.15) is 30.0 Å². The van der Waals surface area contributed by atoms with Crippen LogP contribution in [-0.4, -0.2) is 41.4 Å². The van der Waals surface area contributed by atoms with E-state index in [0.29, 0.717) is 11.3 Å². The maximum absolute atomic E-state index is 11.3. The summed E-state index contributed by atoms with van der Waals surface area (Å²) in [5.41, 5.74) is 1.44. The number of para-hydroxylation sites is 1. The smallest absolute Gasteiger partial charge is 0.372 e. The Labute approximate surface area is 129 Å². The fourth-order valence-electron chi connectivity index (χ4n) is 2.32. The number of nitrogens with zero attached hydrogens (tertiary/aromatic N) is 1. The molecule has 0 atom stereocenters. The van der Waals surface area contributed by atoms with Gasteiger partial charge in [-0.2, -0.15) is 11.8 Å². The van der Waals surface area contributed by atoms with Gasteiger partial charge < -0.3 is 14.4 Å². The summed E-state index contributed by atoms with van der Waals surface area (Å²) in [6, 6.07) is 7.50. The monoisotopic (exact) mass is 307 g/mol. The van der Waals surface area contributed by atoms with Gasteiger partial charge in [0.15, 0.2) is 0 Å². The van der Waals surface area contributed by atoms with E-state index in [1.54, 1.807) is 11.8 Å². The molecule has 0 unspecified atom stereocenters. The Bertz CT molecular complexity index is 605. The van der Waals surface area contributed by atoms with Crippen LogP contribution in [0.4, 0.5) is 0 Å². The van der Waals surface area contributed by atoms with E-state index >= 15 is 0 Å². The molecule has 5 heteroatoms. The zero-order valence-electron chi connectivity index (χ0n) is 12.5. The van der Waals surface area contributed by atoms with E-state index in [1.807, 2.05) is 24.3 Å². The molecule has 0 saturated carbocycles. The number of aromatic carboxylic acids is 1. The van der Waals surface area contributed by atoms with Crippen LogP contribution in [0.3, 0.4) is 0 Å². The summed E-state index contributed by atoms with van der Waals surface area (Å²) in [6.07, 6.45) is 0. The van der Waals surface area contributed by atoms with E-state index in [9.17, 15) is 9.90 Å². The van der Waals surface area contributed by atoms with Gasteiger partial charge in [0.05, 0.1) is 0 Å². The Kier molecular flexibility index (Phi) is 5.70. The van der Waals surface area contributed by atoms with Crippen molar-refractivity contribution in [3.63, 3.8) is 0 Å². The summed E-state index contributed by atoms with van der Waals surface area (Å²) in [6.45, 7) is 7.43. The highest BCUT2D eigenvalue weighted by atomic mass is 32.2. The third-order valence-corrected chi connectivity index (χ3v) is 4.55. The van der Waals surface area contributed by atoms with Crippen LogP contribution < -0.4 is 0 Å². The third kappa shape index (κ3) is 3.80. The molecule has 0 aliphatic rings. The molecule has 2 rings (SSSR count). The molecule has 1 aromatic carbocycles. The van der Waals surface area contributed by atoms with Gasteiger partial charge in [0.2, 0.25) is 5.76 Å². The molecule has 0 saturated heterocycles. The lowest BCUT2D eigenvalue weighted by molar-refractivity contribution is 0.0664. The van der Waals surface area contributed by atoms with Crippen LogP contribution in [0.15, 0.2) is 28.7 Å². The van der Waals surface area contributed by atoms with E-state index in [4.69, 9.17) is 4.42 Å². The maximum atomic E-state index is 11.3. The molecule has 4 nitrogen and oxygen atoms in total. The van der Waals surface area contributed by atoms with E-state index in [1.165, 1.54) is 0 Å². The maximum Gasteiger partial charge on any atom is 0.372 e. The van der Waals surface area contributed by atoms with Crippen LogP contribution in [0.5, 0.6) is 0 Å². The van der Waals surface area contributed by atoms with Crippen molar-refractivity contribution >= 4 is 28.7 Å². The standard InChI is InChI=1S/C16H21NO3S/c1-3-17(4-2)9-10-21-11-13-12-7-5-6-8-14(12)20-15(13)16(18)19/h5-8H,3-4,9-11H2,1-2H3,(H,18,19). The molecule has 0 radical (unpaired) electrons. The summed E-state index contributed by atoms with van der Waals surface area (Å²) in [7, 11) is 0. The fraction of sp³-hybridized carbons (Fsp3) is 0.438. The van der Waals surface area contributed by atoms with Gasteiger partial charge in [-0.1, -0.05) is 32.0 Å². The minimum absolute atomic E-state index is 0.0755. The molecule has 114 valence electrons. The molecular formula is C16H21NO3S. The SMILES string of the molecule is CCN(CC)CCSCc1c(C(=O)O)oc2ccccc12. The summed E-state index contributed by atoms with van der Waals surface area (Å²) in [4.78, 5) is 13.7. The van der Waals surface area contributed by atoms with E-state index in [2.05, 4.69) is 18.7 Å². The minimum Gasteiger partial charge on any atom is -0.475 e. The molecule has 0 aliphatic heterocycles. The number of thioether (sulfide) groups is 1. The number of carboxylic acid groups (broad SMARTS) is 1. The number of carboxylic acids is 1. The Morgan fingerprint density at radius 3 is 2.67 bits per heavy atom. The third-order valence-electron chi connectivity index (χ3n) is 3.59. The molecule has 0 fully saturated rings. The van der Waals surface area contributed by atoms with Crippen molar-refractivity contribution in [2.24, 2.45) is 0 Å². The van der Waals surface area contributed by atoms with E-state index in [-0.39, 0.29) is 5.76 Å². The highest BCUT2D eigenvalue weighted by Crippen LogP contribution is 2.29. The molecule has 2 aromatic rings. The average Bonchev–Trinajstić information content (AvgIpc) is 2.86. The first-order valence-corrected chi connectivity index (χ1v) is 8.36. The number of hydrogen-bond donors (Lipinski definition) is 1. The second-order valence-electron chi connectivity index (χ2n) is 4.79. The number of hydrogen-bond acceptors (Lipinski definition) is 4. The summed E-state index contributed by atoms with van der Waals surface area (Å²) >= 11 is 1.75. The second-order valence-corrected chi connectivity index (χ2v) is 5.90. The lowest BCUT2D eigenvalue weighted by atomic mass is 10.1. The second kappa shape index (κ2) is 7.52. The Morgan fingerprint density at radius 1 is 1.29 bits per heavy atom. The van der Waals surface area contributed by atoms with Crippen LogP contribution >= 0.6 is 11.8 Å². The van der Waals surface area contributed by atoms with E-state index in [0.717, 1.165) is 36.3 Å². The van der Waals surface area contributed by atoms with Crippen LogP contribution in [0, 0.1) is 0 Å². The molecule has 0 aliphatic carbocycles. The van der Waals surface area contributed by atoms with Crippen molar-refractivity contribution < 1.29 is 14.3 Å². The van der Waals surface area contributed by atoms with Gasteiger partial charge in [-0.05, 0) is 19.2 Å². The fourth-order valence-corrected chi connectivity index (χ4v) is 3.34. The van der Waals surface area contributed by atoms with Crippen molar-refractivity contribution in [1.82, 2.24) is 4.90 Å². The quantitative estimate of drug-likeness (QED) is 0.754. The lowest BCUT2D eigenvalue weighted by Crippen LogP contribution is -2.25. The Morgan fingerprint density at radius 2 is 2.00 bits per heavy atom. The van der Waals surface area contributed by atoms with Crippen molar-refractivity contribution in [3.05, 3.63) is 35.6 Å². The number of furan rings is 1. The highest BCUT2D eigenvalue weighted by molar-refractivity contribution is 7.98. The van der Waals surface area contributed by atoms with Gasteiger partial charge in [-0.3, -0.25) is 0 Å². The van der Waals surface area contributed by atoms with Crippen molar-refractivity contribution in [2.45, 2.75) is 19.6 Å². The van der Waals surface area contributed by atoms with Crippen LogP contribution in [0.2, 0.25) is 0 Å². The Balaban J connectivity index is 2.07. The van der Waals surface area contributed by atoms with Crippen molar-refractivity contribution in [2.75, 3.05) is 25.4 Å². The topological polar surface area (TPSA) is 53.7 Å². The Hall–Kier alpha value is -1.46. The molecule has 0 amide bonds.